The van der Waals surface area contributed by atoms with E-state index in [4.69, 9.17) is 4.52 Å². The van der Waals surface area contributed by atoms with Crippen molar-refractivity contribution in [2.75, 3.05) is 0 Å². The third-order valence-corrected chi connectivity index (χ3v) is 3.13. The number of nitrogens with zero attached hydrogens (tertiary/aromatic N) is 2. The fraction of sp³-hybridized carbons (Fsp3) is 0.333. The molecule has 4 nitrogen and oxygen atoms in total. The van der Waals surface area contributed by atoms with Crippen molar-refractivity contribution in [1.82, 2.24) is 10.1 Å². The average Bonchev–Trinajstić information content (AvgIpc) is 2.75. The van der Waals surface area contributed by atoms with E-state index in [0.29, 0.717) is 21.8 Å². The second-order valence-electron chi connectivity index (χ2n) is 4.14. The van der Waals surface area contributed by atoms with Gasteiger partial charge in [0.05, 0.1) is 12.0 Å². The van der Waals surface area contributed by atoms with Crippen molar-refractivity contribution in [1.29, 1.82) is 0 Å². The summed E-state index contributed by atoms with van der Waals surface area (Å²) in [6, 6.07) is 4.38. The Kier molecular flexibility index (Phi) is 3.77. The number of aliphatic hydroxyl groups excluding tert-OH is 1. The molecule has 1 aromatic carbocycles. The molecule has 0 saturated carbocycles. The van der Waals surface area contributed by atoms with Crippen molar-refractivity contribution in [2.45, 2.75) is 25.9 Å². The zero-order valence-corrected chi connectivity index (χ0v) is 11.5. The van der Waals surface area contributed by atoms with E-state index < -0.39 is 6.10 Å². The van der Waals surface area contributed by atoms with Gasteiger partial charge >= 0.3 is 0 Å². The third-order valence-electron chi connectivity index (χ3n) is 2.68. The minimum Gasteiger partial charge on any atom is -0.393 e. The molecule has 0 aliphatic heterocycles. The van der Waals surface area contributed by atoms with Crippen molar-refractivity contribution >= 4 is 15.9 Å². The predicted octanol–water partition coefficient (Wildman–Crippen LogP) is 3.12. The molecule has 2 aromatic rings. The van der Waals surface area contributed by atoms with Crippen molar-refractivity contribution in [3.63, 3.8) is 0 Å². The van der Waals surface area contributed by atoms with E-state index in [0.717, 1.165) is 0 Å². The van der Waals surface area contributed by atoms with Crippen LogP contribution in [0.1, 0.15) is 25.7 Å². The van der Waals surface area contributed by atoms with Crippen LogP contribution in [0.15, 0.2) is 27.2 Å². The van der Waals surface area contributed by atoms with Gasteiger partial charge in [-0.2, -0.15) is 4.98 Å². The van der Waals surface area contributed by atoms with Crippen LogP contribution in [-0.4, -0.2) is 21.4 Å². The number of hydrogen-bond donors (Lipinski definition) is 1. The summed E-state index contributed by atoms with van der Waals surface area (Å²) in [5, 5.41) is 13.2. The van der Waals surface area contributed by atoms with Gasteiger partial charge in [-0.05, 0) is 25.1 Å². The van der Waals surface area contributed by atoms with E-state index in [1.54, 1.807) is 19.9 Å². The summed E-state index contributed by atoms with van der Waals surface area (Å²) in [5.74, 6) is -0.00404. The Balaban J connectivity index is 2.35. The van der Waals surface area contributed by atoms with Gasteiger partial charge in [0.15, 0.2) is 0 Å². The van der Waals surface area contributed by atoms with Crippen LogP contribution in [0.5, 0.6) is 0 Å². The summed E-state index contributed by atoms with van der Waals surface area (Å²) in [5.41, 5.74) is 0.523. The molecule has 0 bridgehead atoms. The first-order chi connectivity index (χ1) is 8.47. The van der Waals surface area contributed by atoms with Gasteiger partial charge in [-0.15, -0.1) is 0 Å². The Bertz CT molecular complexity index is 537. The zero-order chi connectivity index (χ0) is 13.3. The molecule has 0 spiro atoms. The van der Waals surface area contributed by atoms with Crippen LogP contribution in [0, 0.1) is 5.82 Å². The highest BCUT2D eigenvalue weighted by atomic mass is 79.9. The first kappa shape index (κ1) is 13.2. The Morgan fingerprint density at radius 3 is 2.67 bits per heavy atom. The van der Waals surface area contributed by atoms with Gasteiger partial charge in [0, 0.05) is 10.0 Å². The van der Waals surface area contributed by atoms with E-state index in [9.17, 15) is 9.50 Å². The second kappa shape index (κ2) is 5.16. The first-order valence-electron chi connectivity index (χ1n) is 5.45. The van der Waals surface area contributed by atoms with E-state index >= 15 is 0 Å². The van der Waals surface area contributed by atoms with Crippen LogP contribution in [0.25, 0.3) is 11.4 Å². The smallest absolute Gasteiger partial charge is 0.232 e. The number of benzene rings is 1. The molecule has 0 saturated heterocycles. The van der Waals surface area contributed by atoms with Crippen LogP contribution < -0.4 is 0 Å². The van der Waals surface area contributed by atoms with Crippen LogP contribution in [-0.2, 0) is 0 Å². The first-order valence-corrected chi connectivity index (χ1v) is 6.25. The van der Waals surface area contributed by atoms with Crippen molar-refractivity contribution < 1.29 is 14.0 Å². The molecule has 18 heavy (non-hydrogen) atoms. The normalized spacial score (nSPS) is 14.5. The van der Waals surface area contributed by atoms with Crippen LogP contribution in [0.2, 0.25) is 0 Å². The van der Waals surface area contributed by atoms with Gasteiger partial charge in [-0.3, -0.25) is 0 Å². The molecule has 1 N–H and O–H groups in total. The summed E-state index contributed by atoms with van der Waals surface area (Å²) >= 11 is 3.20. The molecule has 0 amide bonds. The minimum atomic E-state index is -0.586. The van der Waals surface area contributed by atoms with E-state index in [2.05, 4.69) is 26.1 Å². The Labute approximate surface area is 112 Å². The molecule has 96 valence electrons. The van der Waals surface area contributed by atoms with Crippen molar-refractivity contribution in [3.05, 3.63) is 34.4 Å². The van der Waals surface area contributed by atoms with Gasteiger partial charge < -0.3 is 9.63 Å². The Hall–Kier alpha value is -1.27. The zero-order valence-electron chi connectivity index (χ0n) is 9.89. The molecule has 1 aromatic heterocycles. The molecular formula is C12H12BrFN2O2. The molecule has 2 unspecified atom stereocenters. The summed E-state index contributed by atoms with van der Waals surface area (Å²) < 4.78 is 18.9. The minimum absolute atomic E-state index is 0.261. The highest BCUT2D eigenvalue weighted by Crippen LogP contribution is 2.25. The lowest BCUT2D eigenvalue weighted by Crippen LogP contribution is -2.11. The highest BCUT2D eigenvalue weighted by Gasteiger charge is 2.19. The SMILES string of the molecule is CC(O)C(C)c1nc(-c2cc(F)cc(Br)c2)no1. The van der Waals surface area contributed by atoms with Gasteiger partial charge in [0.2, 0.25) is 11.7 Å². The maximum absolute atomic E-state index is 13.3. The quantitative estimate of drug-likeness (QED) is 0.945. The number of hydrogen-bond acceptors (Lipinski definition) is 4. The lowest BCUT2D eigenvalue weighted by atomic mass is 10.1. The summed E-state index contributed by atoms with van der Waals surface area (Å²) in [4.78, 5) is 4.16. The van der Waals surface area contributed by atoms with Crippen LogP contribution >= 0.6 is 15.9 Å². The monoisotopic (exact) mass is 314 g/mol. The maximum atomic E-state index is 13.3. The lowest BCUT2D eigenvalue weighted by Gasteiger charge is -2.07. The number of rotatable bonds is 3. The molecule has 0 radical (unpaired) electrons. The van der Waals surface area contributed by atoms with Crippen LogP contribution in [0.4, 0.5) is 4.39 Å². The van der Waals surface area contributed by atoms with Gasteiger partial charge in [-0.1, -0.05) is 28.0 Å². The molecule has 0 fully saturated rings. The van der Waals surface area contributed by atoms with Gasteiger partial charge in [0.25, 0.3) is 0 Å². The molecular weight excluding hydrogens is 303 g/mol. The molecule has 0 aliphatic rings. The van der Waals surface area contributed by atoms with E-state index in [1.165, 1.54) is 12.1 Å². The largest absolute Gasteiger partial charge is 0.393 e. The third kappa shape index (κ3) is 2.76. The van der Waals surface area contributed by atoms with E-state index in [1.807, 2.05) is 0 Å². The standard InChI is InChI=1S/C12H12BrFN2O2/c1-6(7(2)17)12-15-11(16-18-12)8-3-9(13)5-10(14)4-8/h3-7,17H,1-2H3. The van der Waals surface area contributed by atoms with Crippen LogP contribution in [0.3, 0.4) is 0 Å². The summed E-state index contributed by atoms with van der Waals surface area (Å²) in [6.45, 7) is 3.43. The fourth-order valence-corrected chi connectivity index (χ4v) is 1.89. The lowest BCUT2D eigenvalue weighted by molar-refractivity contribution is 0.151. The molecule has 0 aliphatic carbocycles. The van der Waals surface area contributed by atoms with Gasteiger partial charge in [0.1, 0.15) is 5.82 Å². The van der Waals surface area contributed by atoms with Crippen molar-refractivity contribution in [3.8, 4) is 11.4 Å². The highest BCUT2D eigenvalue weighted by molar-refractivity contribution is 9.10. The molecule has 6 heteroatoms. The maximum Gasteiger partial charge on any atom is 0.232 e. The molecule has 2 rings (SSSR count). The number of halogens is 2. The number of aromatic nitrogens is 2. The Morgan fingerprint density at radius 2 is 2.06 bits per heavy atom. The topological polar surface area (TPSA) is 59.2 Å². The van der Waals surface area contributed by atoms with E-state index in [-0.39, 0.29) is 11.7 Å². The summed E-state index contributed by atoms with van der Waals surface area (Å²) in [6.07, 6.45) is -0.586. The number of aliphatic hydroxyl groups is 1. The van der Waals surface area contributed by atoms with Gasteiger partial charge in [-0.25, -0.2) is 4.39 Å². The predicted molar refractivity (Wildman–Crippen MR) is 67.5 cm³/mol. The fourth-order valence-electron chi connectivity index (χ4n) is 1.43. The Morgan fingerprint density at radius 1 is 1.33 bits per heavy atom. The summed E-state index contributed by atoms with van der Waals surface area (Å²) in [7, 11) is 0. The molecule has 2 atom stereocenters. The van der Waals surface area contributed by atoms with Crippen molar-refractivity contribution in [2.24, 2.45) is 0 Å². The average molecular weight is 315 g/mol. The second-order valence-corrected chi connectivity index (χ2v) is 5.06. The molecule has 1 heterocycles.